The average molecular weight is 290 g/mol. The number of hydrazine groups is 1. The normalized spacial score (nSPS) is 10.6. The third-order valence-electron chi connectivity index (χ3n) is 3.26. The minimum absolute atomic E-state index is 0.133. The van der Waals surface area contributed by atoms with Crippen LogP contribution in [0.3, 0.4) is 0 Å². The largest absolute Gasteiger partial charge is 0.313 e. The number of nitro groups is 1. The van der Waals surface area contributed by atoms with Crippen LogP contribution in [-0.2, 0) is 19.4 Å². The molecule has 0 saturated carbocycles. The monoisotopic (exact) mass is 290 g/mol. The first-order valence-corrected chi connectivity index (χ1v) is 6.75. The predicted molar refractivity (Wildman–Crippen MR) is 78.8 cm³/mol. The topological polar surface area (TPSA) is 112 Å². The van der Waals surface area contributed by atoms with E-state index in [0.29, 0.717) is 36.6 Å². The van der Waals surface area contributed by atoms with E-state index in [1.165, 1.54) is 0 Å². The Hall–Kier alpha value is -2.48. The molecular formula is C13H18N6O2. The minimum Gasteiger partial charge on any atom is -0.308 e. The summed E-state index contributed by atoms with van der Waals surface area (Å²) in [4.78, 5) is 15.0. The maximum absolute atomic E-state index is 11.2. The quantitative estimate of drug-likeness (QED) is 0.475. The van der Waals surface area contributed by atoms with Gasteiger partial charge in [-0.2, -0.15) is 5.10 Å². The zero-order valence-corrected chi connectivity index (χ0v) is 12.0. The highest BCUT2D eigenvalue weighted by molar-refractivity contribution is 5.42. The molecule has 2 aromatic heterocycles. The maximum Gasteiger partial charge on any atom is 0.313 e. The van der Waals surface area contributed by atoms with Crippen molar-refractivity contribution in [3.63, 3.8) is 0 Å². The lowest BCUT2D eigenvalue weighted by Crippen LogP contribution is -2.10. The molecule has 0 saturated heterocycles. The lowest BCUT2D eigenvalue weighted by Gasteiger charge is -2.06. The number of rotatable bonds is 6. The summed E-state index contributed by atoms with van der Waals surface area (Å²) in [7, 11) is 0. The number of hydrogen-bond donors (Lipinski definition) is 2. The Kier molecular flexibility index (Phi) is 4.49. The third-order valence-corrected chi connectivity index (χ3v) is 3.26. The van der Waals surface area contributed by atoms with E-state index in [4.69, 9.17) is 5.84 Å². The number of aromatic nitrogens is 3. The van der Waals surface area contributed by atoms with E-state index in [9.17, 15) is 10.1 Å². The van der Waals surface area contributed by atoms with Gasteiger partial charge in [0, 0.05) is 6.20 Å². The number of nitrogens with zero attached hydrogens (tertiary/aromatic N) is 4. The van der Waals surface area contributed by atoms with E-state index < -0.39 is 0 Å². The molecular weight excluding hydrogens is 272 g/mol. The second-order valence-corrected chi connectivity index (χ2v) is 4.56. The molecule has 3 N–H and O–H groups in total. The van der Waals surface area contributed by atoms with E-state index in [1.807, 2.05) is 19.9 Å². The summed E-state index contributed by atoms with van der Waals surface area (Å²) in [5.41, 5.74) is 4.65. The van der Waals surface area contributed by atoms with Crippen LogP contribution in [0.1, 0.15) is 30.8 Å². The Morgan fingerprint density at radius 2 is 2.14 bits per heavy atom. The molecule has 2 rings (SSSR count). The molecule has 0 aliphatic heterocycles. The Labute approximate surface area is 122 Å². The summed E-state index contributed by atoms with van der Waals surface area (Å²) >= 11 is 0. The highest BCUT2D eigenvalue weighted by Gasteiger charge is 2.25. The van der Waals surface area contributed by atoms with Gasteiger partial charge in [0.25, 0.3) is 0 Å². The second-order valence-electron chi connectivity index (χ2n) is 4.56. The summed E-state index contributed by atoms with van der Waals surface area (Å²) in [5, 5.41) is 15.6. The van der Waals surface area contributed by atoms with Gasteiger partial charge in [-0.15, -0.1) is 0 Å². The molecule has 8 heteroatoms. The molecule has 0 aliphatic rings. The van der Waals surface area contributed by atoms with Crippen LogP contribution in [0.5, 0.6) is 0 Å². The van der Waals surface area contributed by atoms with Crippen molar-refractivity contribution in [2.75, 3.05) is 5.43 Å². The first-order valence-electron chi connectivity index (χ1n) is 6.75. The summed E-state index contributed by atoms with van der Waals surface area (Å²) < 4.78 is 1.68. The van der Waals surface area contributed by atoms with E-state index >= 15 is 0 Å². The first kappa shape index (κ1) is 14.9. The van der Waals surface area contributed by atoms with Crippen molar-refractivity contribution in [1.29, 1.82) is 0 Å². The Bertz CT molecular complexity index is 635. The van der Waals surface area contributed by atoms with Crippen LogP contribution in [0.15, 0.2) is 18.3 Å². The molecule has 0 spiro atoms. The van der Waals surface area contributed by atoms with Gasteiger partial charge < -0.3 is 5.43 Å². The Balaban J connectivity index is 2.36. The molecule has 0 fully saturated rings. The van der Waals surface area contributed by atoms with Gasteiger partial charge in [0.2, 0.25) is 0 Å². The number of nitrogen functional groups attached to an aromatic ring is 1. The molecule has 0 aliphatic carbocycles. The van der Waals surface area contributed by atoms with E-state index in [-0.39, 0.29) is 10.6 Å². The summed E-state index contributed by atoms with van der Waals surface area (Å²) in [5.74, 6) is 5.83. The van der Waals surface area contributed by atoms with Gasteiger partial charge >= 0.3 is 5.69 Å². The van der Waals surface area contributed by atoms with Gasteiger partial charge in [-0.3, -0.25) is 14.8 Å². The van der Waals surface area contributed by atoms with Gasteiger partial charge in [-0.1, -0.05) is 19.9 Å². The zero-order valence-electron chi connectivity index (χ0n) is 12.0. The highest BCUT2D eigenvalue weighted by atomic mass is 16.6. The number of nitrogens with one attached hydrogen (secondary N) is 1. The fourth-order valence-electron chi connectivity index (χ4n) is 2.25. The van der Waals surface area contributed by atoms with Gasteiger partial charge in [-0.25, -0.2) is 10.8 Å². The van der Waals surface area contributed by atoms with Crippen LogP contribution in [0.2, 0.25) is 0 Å². The Morgan fingerprint density at radius 1 is 1.38 bits per heavy atom. The molecule has 0 bridgehead atoms. The van der Waals surface area contributed by atoms with E-state index in [1.54, 1.807) is 16.9 Å². The highest BCUT2D eigenvalue weighted by Crippen LogP contribution is 2.25. The molecule has 2 aromatic rings. The van der Waals surface area contributed by atoms with E-state index in [2.05, 4.69) is 15.5 Å². The molecule has 0 aromatic carbocycles. The molecule has 8 nitrogen and oxygen atoms in total. The lowest BCUT2D eigenvalue weighted by atomic mass is 10.2. The fraction of sp³-hybridized carbons (Fsp3) is 0.385. The molecule has 2 heterocycles. The number of anilines is 1. The van der Waals surface area contributed by atoms with Gasteiger partial charge in [0.05, 0.1) is 11.5 Å². The van der Waals surface area contributed by atoms with Gasteiger partial charge in [-0.05, 0) is 24.5 Å². The molecule has 0 unspecified atom stereocenters. The molecule has 0 amide bonds. The van der Waals surface area contributed by atoms with Crippen molar-refractivity contribution in [1.82, 2.24) is 14.8 Å². The number of aryl methyl sites for hydroxylation is 1. The van der Waals surface area contributed by atoms with Crippen molar-refractivity contribution in [3.8, 4) is 0 Å². The SMILES string of the molecule is CCc1nn(Cc2ccc(NN)nc2)c(CC)c1[N+](=O)[O-]. The van der Waals surface area contributed by atoms with Crippen molar-refractivity contribution < 1.29 is 4.92 Å². The first-order chi connectivity index (χ1) is 10.1. The van der Waals surface area contributed by atoms with Crippen LogP contribution < -0.4 is 11.3 Å². The van der Waals surface area contributed by atoms with Crippen LogP contribution in [0.25, 0.3) is 0 Å². The average Bonchev–Trinajstić information content (AvgIpc) is 2.85. The van der Waals surface area contributed by atoms with Gasteiger partial charge in [0.1, 0.15) is 17.2 Å². The van der Waals surface area contributed by atoms with Crippen molar-refractivity contribution >= 4 is 11.5 Å². The van der Waals surface area contributed by atoms with Crippen LogP contribution in [0, 0.1) is 10.1 Å². The molecule has 112 valence electrons. The molecule has 0 atom stereocenters. The van der Waals surface area contributed by atoms with Crippen LogP contribution >= 0.6 is 0 Å². The number of nitrogens with two attached hydrogens (primary N) is 1. The zero-order chi connectivity index (χ0) is 15.4. The fourth-order valence-corrected chi connectivity index (χ4v) is 2.25. The second kappa shape index (κ2) is 6.31. The molecule has 21 heavy (non-hydrogen) atoms. The van der Waals surface area contributed by atoms with Crippen molar-refractivity contribution in [2.24, 2.45) is 5.84 Å². The number of pyridine rings is 1. The van der Waals surface area contributed by atoms with Crippen molar-refractivity contribution in [2.45, 2.75) is 33.2 Å². The lowest BCUT2D eigenvalue weighted by molar-refractivity contribution is -0.386. The number of hydrogen-bond acceptors (Lipinski definition) is 6. The van der Waals surface area contributed by atoms with Crippen LogP contribution in [0.4, 0.5) is 11.5 Å². The minimum atomic E-state index is -0.346. The standard InChI is InChI=1S/C13H18N6O2/c1-3-10-13(19(20)21)11(4-2)18(17-10)8-9-5-6-12(16-14)15-7-9/h5-7H,3-4,8,14H2,1-2H3,(H,15,16). The summed E-state index contributed by atoms with van der Waals surface area (Å²) in [6.07, 6.45) is 2.76. The smallest absolute Gasteiger partial charge is 0.308 e. The van der Waals surface area contributed by atoms with Crippen molar-refractivity contribution in [3.05, 3.63) is 45.4 Å². The Morgan fingerprint density at radius 3 is 2.62 bits per heavy atom. The summed E-state index contributed by atoms with van der Waals surface area (Å²) in [6, 6.07) is 3.61. The maximum atomic E-state index is 11.2. The summed E-state index contributed by atoms with van der Waals surface area (Å²) in [6.45, 7) is 4.20. The van der Waals surface area contributed by atoms with E-state index in [0.717, 1.165) is 5.56 Å². The van der Waals surface area contributed by atoms with Gasteiger partial charge in [0.15, 0.2) is 0 Å². The predicted octanol–water partition coefficient (Wildman–Crippen LogP) is 1.64. The van der Waals surface area contributed by atoms with Crippen LogP contribution in [-0.4, -0.2) is 19.7 Å². The molecule has 0 radical (unpaired) electrons. The third kappa shape index (κ3) is 3.00.